The predicted octanol–water partition coefficient (Wildman–Crippen LogP) is 7.50. The number of para-hydroxylation sites is 1. The van der Waals surface area contributed by atoms with E-state index in [9.17, 15) is 37.1 Å². The summed E-state index contributed by atoms with van der Waals surface area (Å²) in [4.78, 5) is 87.9. The molecule has 422 valence electrons. The maximum atomic E-state index is 14.7. The summed E-state index contributed by atoms with van der Waals surface area (Å²) in [6, 6.07) is 32.5. The van der Waals surface area contributed by atoms with Crippen molar-refractivity contribution < 1.29 is 51.7 Å². The molecule has 11 rings (SSSR count). The number of aromatic nitrogens is 3. The number of carboxylic acid groups (broad SMARTS) is 1. The Labute approximate surface area is 461 Å². The number of benzene rings is 4. The van der Waals surface area contributed by atoms with Crippen LogP contribution in [0.1, 0.15) is 85.1 Å². The molecule has 2 aromatic heterocycles. The van der Waals surface area contributed by atoms with Gasteiger partial charge in [0.1, 0.15) is 6.04 Å². The third-order valence-electron chi connectivity index (χ3n) is 16.9. The number of piperazine rings is 1. The van der Waals surface area contributed by atoms with Crippen molar-refractivity contribution in [1.29, 1.82) is 0 Å². The lowest BCUT2D eigenvalue weighted by molar-refractivity contribution is -0.192. The summed E-state index contributed by atoms with van der Waals surface area (Å²) in [7, 11) is 2.17. The molecule has 5 aliphatic rings. The van der Waals surface area contributed by atoms with Gasteiger partial charge in [0.25, 0.3) is 5.56 Å². The fraction of sp³-hybridized carbons (Fsp3) is 0.450. The van der Waals surface area contributed by atoms with E-state index in [1.807, 2.05) is 121 Å². The summed E-state index contributed by atoms with van der Waals surface area (Å²) in [6.45, 7) is 7.49. The first-order chi connectivity index (χ1) is 38.4. The fourth-order valence-corrected chi connectivity index (χ4v) is 11.9. The molecule has 4 aromatic carbocycles. The first-order valence-electron chi connectivity index (χ1n) is 27.5. The lowest BCUT2D eigenvalue weighted by Gasteiger charge is -2.43. The first-order valence-corrected chi connectivity index (χ1v) is 27.5. The van der Waals surface area contributed by atoms with Crippen LogP contribution in [0, 0.1) is 6.92 Å². The number of aryl methyl sites for hydroxylation is 1. The van der Waals surface area contributed by atoms with E-state index in [0.717, 1.165) is 90.4 Å². The largest absolute Gasteiger partial charge is 0.490 e. The minimum atomic E-state index is -5.08. The molecule has 0 bridgehead atoms. The Balaban J connectivity index is 0.000000966. The number of nitrogens with zero attached hydrogens (tertiary/aromatic N) is 7. The molecule has 0 radical (unpaired) electrons. The highest BCUT2D eigenvalue weighted by Gasteiger charge is 2.54. The number of urea groups is 1. The van der Waals surface area contributed by atoms with E-state index in [2.05, 4.69) is 22.2 Å². The molecule has 0 spiro atoms. The number of hydrogen-bond acceptors (Lipinski definition) is 11. The number of fused-ring (bicyclic) bond motifs is 2. The number of hydrogen-bond donors (Lipinski definition) is 2. The van der Waals surface area contributed by atoms with Crippen LogP contribution in [0.4, 0.5) is 18.0 Å². The van der Waals surface area contributed by atoms with Gasteiger partial charge in [0.05, 0.1) is 21.9 Å². The molecule has 2 saturated carbocycles. The van der Waals surface area contributed by atoms with Crippen LogP contribution in [0.15, 0.2) is 114 Å². The molecule has 17 nitrogen and oxygen atoms in total. The van der Waals surface area contributed by atoms with Gasteiger partial charge < -0.3 is 34.6 Å². The smallest absolute Gasteiger partial charge is 0.475 e. The number of likely N-dealkylation sites (tertiary alicyclic amines) is 2. The molecule has 6 aromatic rings. The molecule has 1 unspecified atom stereocenters. The first kappa shape index (κ1) is 55.7. The number of piperidine rings is 2. The Morgan fingerprint density at radius 2 is 1.27 bits per heavy atom. The normalized spacial score (nSPS) is 18.9. The van der Waals surface area contributed by atoms with Crippen molar-refractivity contribution in [2.24, 2.45) is 0 Å². The number of esters is 2. The van der Waals surface area contributed by atoms with Crippen molar-refractivity contribution in [3.63, 3.8) is 0 Å². The Morgan fingerprint density at radius 3 is 1.85 bits per heavy atom. The molecule has 2 N–H and O–H groups in total. The molecule has 3 saturated heterocycles. The summed E-state index contributed by atoms with van der Waals surface area (Å²) in [5, 5.41) is 16.8. The Kier molecular flexibility index (Phi) is 16.2. The number of nitrogens with one attached hydrogen (secondary N) is 1. The maximum Gasteiger partial charge on any atom is 0.490 e. The van der Waals surface area contributed by atoms with E-state index >= 15 is 0 Å². The average Bonchev–Trinajstić information content (AvgIpc) is 4.52. The third-order valence-corrected chi connectivity index (χ3v) is 16.9. The molecule has 5 fully saturated rings. The van der Waals surface area contributed by atoms with E-state index in [4.69, 9.17) is 24.5 Å². The number of carbonyl (C=O) groups is 5. The van der Waals surface area contributed by atoms with Crippen molar-refractivity contribution in [3.05, 3.63) is 147 Å². The number of alkyl halides is 3. The van der Waals surface area contributed by atoms with Gasteiger partial charge in [-0.05, 0) is 130 Å². The van der Waals surface area contributed by atoms with E-state index in [-0.39, 0.29) is 55.2 Å². The number of amides is 3. The van der Waals surface area contributed by atoms with Crippen LogP contribution in [0.25, 0.3) is 21.8 Å². The average molecular weight is 1100 g/mol. The van der Waals surface area contributed by atoms with Crippen LogP contribution in [0.5, 0.6) is 0 Å². The molecule has 1 atom stereocenters. The zero-order chi connectivity index (χ0) is 56.3. The van der Waals surface area contributed by atoms with Gasteiger partial charge in [-0.2, -0.15) is 18.3 Å². The predicted molar refractivity (Wildman–Crippen MR) is 292 cm³/mol. The summed E-state index contributed by atoms with van der Waals surface area (Å²) in [5.41, 5.74) is 4.34. The fourth-order valence-electron chi connectivity index (χ4n) is 11.9. The van der Waals surface area contributed by atoms with E-state index in [1.165, 1.54) is 0 Å². The van der Waals surface area contributed by atoms with Crippen LogP contribution in [0.3, 0.4) is 0 Å². The van der Waals surface area contributed by atoms with Crippen molar-refractivity contribution in [1.82, 2.24) is 39.3 Å². The number of carbonyl (C=O) groups excluding carboxylic acids is 4. The molecule has 3 amide bonds. The SMILES string of the molecule is Cc1cc(CC(NC(=O)N2CCC(c3cc4ccccc4n(COC(=O)C4(c5ccccc5)CC4)c3=O)CC2)C(=O)N2CCN(C3CCN(C)CC3)CC2)cc2cn(COC(=O)C3(c4ccccc4)CC3)nc12.O=C(O)C(F)(F)F. The lowest BCUT2D eigenvalue weighted by Crippen LogP contribution is -2.59. The van der Waals surface area contributed by atoms with Gasteiger partial charge in [0, 0.05) is 68.9 Å². The molecular formula is C60H67F3N8O9. The van der Waals surface area contributed by atoms with E-state index < -0.39 is 29.0 Å². The number of rotatable bonds is 14. The second-order valence-electron chi connectivity index (χ2n) is 22.1. The minimum Gasteiger partial charge on any atom is -0.475 e. The van der Waals surface area contributed by atoms with Crippen LogP contribution >= 0.6 is 0 Å². The topological polar surface area (TPSA) is 189 Å². The lowest BCUT2D eigenvalue weighted by atomic mass is 9.89. The van der Waals surface area contributed by atoms with Gasteiger partial charge in [-0.15, -0.1) is 0 Å². The Bertz CT molecular complexity index is 3300. The molecule has 2 aliphatic carbocycles. The van der Waals surface area contributed by atoms with Crippen molar-refractivity contribution in [2.45, 2.75) is 113 Å². The zero-order valence-electron chi connectivity index (χ0n) is 45.0. The Morgan fingerprint density at radius 1 is 0.713 bits per heavy atom. The van der Waals surface area contributed by atoms with E-state index in [0.29, 0.717) is 69.0 Å². The quantitative estimate of drug-likeness (QED) is 0.102. The summed E-state index contributed by atoms with van der Waals surface area (Å²) < 4.78 is 46.8. The zero-order valence-corrected chi connectivity index (χ0v) is 45.0. The van der Waals surface area contributed by atoms with Gasteiger partial charge in [-0.25, -0.2) is 14.3 Å². The van der Waals surface area contributed by atoms with Crippen molar-refractivity contribution >= 4 is 51.7 Å². The highest BCUT2D eigenvalue weighted by atomic mass is 19.4. The molecular weight excluding hydrogens is 1030 g/mol. The van der Waals surface area contributed by atoms with Crippen LogP contribution < -0.4 is 10.9 Å². The van der Waals surface area contributed by atoms with Crippen LogP contribution in [-0.2, 0) is 59.4 Å². The van der Waals surface area contributed by atoms with Crippen LogP contribution in [0.2, 0.25) is 0 Å². The number of ether oxygens (including phenoxy) is 2. The Hall–Kier alpha value is -7.58. The second-order valence-corrected chi connectivity index (χ2v) is 22.1. The molecule has 20 heteroatoms. The van der Waals surface area contributed by atoms with Crippen molar-refractivity contribution in [2.75, 3.05) is 59.4 Å². The molecule has 3 aliphatic heterocycles. The second kappa shape index (κ2) is 23.3. The van der Waals surface area contributed by atoms with Crippen LogP contribution in [-0.4, -0.2) is 147 Å². The molecule has 5 heterocycles. The van der Waals surface area contributed by atoms with Gasteiger partial charge in [0.2, 0.25) is 5.91 Å². The number of halogens is 3. The summed E-state index contributed by atoms with van der Waals surface area (Å²) >= 11 is 0. The van der Waals surface area contributed by atoms with Gasteiger partial charge in [0.15, 0.2) is 13.5 Å². The minimum absolute atomic E-state index is 0.0174. The summed E-state index contributed by atoms with van der Waals surface area (Å²) in [6.07, 6.45) is 3.35. The monoisotopic (exact) mass is 1100 g/mol. The van der Waals surface area contributed by atoms with Crippen molar-refractivity contribution in [3.8, 4) is 0 Å². The van der Waals surface area contributed by atoms with Gasteiger partial charge >= 0.3 is 30.1 Å². The standard InChI is InChI=1S/C58H66N8O7.C2HF3O2/c1-40-33-41(34-44-37-65(60-51(40)44)38-72-54(69)57(21-22-57)45-12-5-3-6-13-45)35-49(53(68)63-31-29-62(30-32-63)47-19-25-61(2)26-20-47)59-56(71)64-27-17-42(18-28-64)48-36-43-11-9-10-16-50(43)66(52(48)67)39-73-55(70)58(23-24-58)46-14-7-4-8-15-46;3-2(4,5)1(6)7/h3-16,33-34,36-37,42,47,49H,17-32,35,38-39H2,1-2H3,(H,59,71);(H,6,7). The highest BCUT2D eigenvalue weighted by molar-refractivity contribution is 5.89. The van der Waals surface area contributed by atoms with E-state index in [1.54, 1.807) is 14.1 Å². The highest BCUT2D eigenvalue weighted by Crippen LogP contribution is 2.50. The number of pyridine rings is 1. The number of carboxylic acids is 1. The number of aliphatic carboxylic acids is 1. The molecule has 80 heavy (non-hydrogen) atoms. The maximum absolute atomic E-state index is 14.7. The van der Waals surface area contributed by atoms with Gasteiger partial charge in [-0.3, -0.25) is 28.6 Å². The van der Waals surface area contributed by atoms with Gasteiger partial charge in [-0.1, -0.05) is 84.9 Å². The third kappa shape index (κ3) is 12.1. The summed E-state index contributed by atoms with van der Waals surface area (Å²) in [5.74, 6) is -3.56.